The maximum atomic E-state index is 12.0. The quantitative estimate of drug-likeness (QED) is 0.849. The minimum absolute atomic E-state index is 0.0667. The Morgan fingerprint density at radius 3 is 2.74 bits per heavy atom. The number of hydrogen-bond acceptors (Lipinski definition) is 3. The number of ether oxygens (including phenoxy) is 1. The Bertz CT molecular complexity index is 407. The number of carbonyl (C=O) groups is 1. The summed E-state index contributed by atoms with van der Waals surface area (Å²) >= 11 is 0. The molecule has 0 spiro atoms. The molecule has 1 fully saturated rings. The van der Waals surface area contributed by atoms with E-state index in [0.29, 0.717) is 6.54 Å². The first kappa shape index (κ1) is 14.0. The van der Waals surface area contributed by atoms with Crippen LogP contribution >= 0.6 is 0 Å². The van der Waals surface area contributed by atoms with Crippen LogP contribution in [-0.2, 0) is 9.53 Å². The van der Waals surface area contributed by atoms with Gasteiger partial charge in [0.15, 0.2) is 0 Å². The van der Waals surface area contributed by atoms with Gasteiger partial charge in [-0.3, -0.25) is 4.79 Å². The van der Waals surface area contributed by atoms with Gasteiger partial charge in [0.1, 0.15) is 0 Å². The normalized spacial score (nSPS) is 24.1. The number of aliphatic hydroxyl groups excluding tert-OH is 1. The monoisotopic (exact) mass is 263 g/mol. The average molecular weight is 263 g/mol. The van der Waals surface area contributed by atoms with Gasteiger partial charge in [0, 0.05) is 13.7 Å². The van der Waals surface area contributed by atoms with Gasteiger partial charge in [-0.2, -0.15) is 0 Å². The Morgan fingerprint density at radius 1 is 1.42 bits per heavy atom. The molecule has 0 bridgehead atoms. The lowest BCUT2D eigenvalue weighted by atomic mass is 10.0. The summed E-state index contributed by atoms with van der Waals surface area (Å²) in [4.78, 5) is 12.0. The molecule has 0 radical (unpaired) electrons. The number of amides is 1. The van der Waals surface area contributed by atoms with E-state index < -0.39 is 6.10 Å². The summed E-state index contributed by atoms with van der Waals surface area (Å²) in [6, 6.07) is 9.80. The SMILES string of the molecule is COC(CNC(=O)C1CCCC1O)c1ccccc1. The van der Waals surface area contributed by atoms with Gasteiger partial charge >= 0.3 is 0 Å². The molecule has 1 aromatic carbocycles. The highest BCUT2D eigenvalue weighted by Crippen LogP contribution is 2.25. The molecule has 1 aliphatic carbocycles. The molecule has 19 heavy (non-hydrogen) atoms. The van der Waals surface area contributed by atoms with Crippen LogP contribution in [0.1, 0.15) is 30.9 Å². The van der Waals surface area contributed by atoms with Crippen molar-refractivity contribution >= 4 is 5.91 Å². The van der Waals surface area contributed by atoms with Gasteiger partial charge in [0.2, 0.25) is 5.91 Å². The first-order valence-electron chi connectivity index (χ1n) is 6.76. The first-order chi connectivity index (χ1) is 9.22. The van der Waals surface area contributed by atoms with Crippen LogP contribution in [-0.4, -0.2) is 30.8 Å². The molecule has 0 saturated heterocycles. The number of aliphatic hydroxyl groups is 1. The van der Waals surface area contributed by atoms with Gasteiger partial charge in [-0.15, -0.1) is 0 Å². The summed E-state index contributed by atoms with van der Waals surface area (Å²) < 4.78 is 5.40. The largest absolute Gasteiger partial charge is 0.392 e. The molecular weight excluding hydrogens is 242 g/mol. The van der Waals surface area contributed by atoms with Crippen molar-refractivity contribution in [2.45, 2.75) is 31.5 Å². The first-order valence-corrected chi connectivity index (χ1v) is 6.76. The minimum atomic E-state index is -0.488. The second kappa shape index (κ2) is 6.68. The molecule has 1 amide bonds. The Labute approximate surface area is 113 Å². The summed E-state index contributed by atoms with van der Waals surface area (Å²) in [6.07, 6.45) is 1.79. The van der Waals surface area contributed by atoms with E-state index in [1.807, 2.05) is 30.3 Å². The third-order valence-corrected chi connectivity index (χ3v) is 3.73. The van der Waals surface area contributed by atoms with Gasteiger partial charge in [0.25, 0.3) is 0 Å². The van der Waals surface area contributed by atoms with Crippen molar-refractivity contribution in [3.63, 3.8) is 0 Å². The smallest absolute Gasteiger partial charge is 0.225 e. The van der Waals surface area contributed by atoms with Crippen LogP contribution < -0.4 is 5.32 Å². The maximum Gasteiger partial charge on any atom is 0.225 e. The third kappa shape index (κ3) is 3.55. The highest BCUT2D eigenvalue weighted by Gasteiger charge is 2.31. The number of methoxy groups -OCH3 is 1. The van der Waals surface area contributed by atoms with Gasteiger partial charge < -0.3 is 15.2 Å². The van der Waals surface area contributed by atoms with Crippen molar-refractivity contribution in [1.29, 1.82) is 0 Å². The van der Waals surface area contributed by atoms with Crippen LogP contribution in [0.15, 0.2) is 30.3 Å². The lowest BCUT2D eigenvalue weighted by Crippen LogP contribution is -2.37. The van der Waals surface area contributed by atoms with Crippen LogP contribution in [0.5, 0.6) is 0 Å². The maximum absolute atomic E-state index is 12.0. The molecule has 104 valence electrons. The van der Waals surface area contributed by atoms with E-state index in [9.17, 15) is 9.90 Å². The summed E-state index contributed by atoms with van der Waals surface area (Å²) in [6.45, 7) is 0.433. The van der Waals surface area contributed by atoms with E-state index in [4.69, 9.17) is 4.74 Å². The van der Waals surface area contributed by atoms with E-state index in [0.717, 1.165) is 24.8 Å². The topological polar surface area (TPSA) is 58.6 Å². The number of nitrogens with one attached hydrogen (secondary N) is 1. The fourth-order valence-corrected chi connectivity index (χ4v) is 2.58. The van der Waals surface area contributed by atoms with Gasteiger partial charge in [-0.05, 0) is 24.8 Å². The number of hydrogen-bond donors (Lipinski definition) is 2. The lowest BCUT2D eigenvalue weighted by Gasteiger charge is -2.19. The highest BCUT2D eigenvalue weighted by molar-refractivity contribution is 5.79. The zero-order valence-electron chi connectivity index (χ0n) is 11.2. The van der Waals surface area contributed by atoms with Crippen molar-refractivity contribution in [1.82, 2.24) is 5.32 Å². The fraction of sp³-hybridized carbons (Fsp3) is 0.533. The molecule has 1 aromatic rings. The molecule has 3 atom stereocenters. The molecule has 0 heterocycles. The number of carbonyl (C=O) groups excluding carboxylic acids is 1. The molecule has 1 aliphatic rings. The van der Waals surface area contributed by atoms with Crippen LogP contribution in [0.4, 0.5) is 0 Å². The zero-order valence-corrected chi connectivity index (χ0v) is 11.2. The van der Waals surface area contributed by atoms with Crippen molar-refractivity contribution in [3.8, 4) is 0 Å². The van der Waals surface area contributed by atoms with E-state index in [1.54, 1.807) is 7.11 Å². The average Bonchev–Trinajstić information content (AvgIpc) is 2.87. The third-order valence-electron chi connectivity index (χ3n) is 3.73. The van der Waals surface area contributed by atoms with Crippen LogP contribution in [0.2, 0.25) is 0 Å². The molecule has 2 N–H and O–H groups in total. The Morgan fingerprint density at radius 2 is 2.16 bits per heavy atom. The minimum Gasteiger partial charge on any atom is -0.392 e. The Kier molecular flexibility index (Phi) is 4.93. The summed E-state index contributed by atoms with van der Waals surface area (Å²) in [7, 11) is 1.63. The van der Waals surface area contributed by atoms with Crippen molar-refractivity contribution in [3.05, 3.63) is 35.9 Å². The molecule has 2 rings (SSSR count). The van der Waals surface area contributed by atoms with E-state index in [1.165, 1.54) is 0 Å². The van der Waals surface area contributed by atoms with Crippen LogP contribution in [0.25, 0.3) is 0 Å². The molecule has 0 aromatic heterocycles. The van der Waals surface area contributed by atoms with Gasteiger partial charge in [-0.1, -0.05) is 30.3 Å². The van der Waals surface area contributed by atoms with E-state index in [-0.39, 0.29) is 17.9 Å². The predicted octanol–water partition coefficient (Wildman–Crippen LogP) is 1.65. The Hall–Kier alpha value is -1.39. The predicted molar refractivity (Wildman–Crippen MR) is 72.5 cm³/mol. The van der Waals surface area contributed by atoms with Gasteiger partial charge in [-0.25, -0.2) is 0 Å². The summed E-state index contributed by atoms with van der Waals surface area (Å²) in [5, 5.41) is 12.6. The number of rotatable bonds is 5. The molecule has 4 heteroatoms. The second-order valence-electron chi connectivity index (χ2n) is 4.98. The molecule has 0 aliphatic heterocycles. The van der Waals surface area contributed by atoms with Crippen molar-refractivity contribution in [2.24, 2.45) is 5.92 Å². The van der Waals surface area contributed by atoms with Crippen LogP contribution in [0, 0.1) is 5.92 Å². The van der Waals surface area contributed by atoms with Crippen LogP contribution in [0.3, 0.4) is 0 Å². The van der Waals surface area contributed by atoms with E-state index >= 15 is 0 Å². The molecule has 4 nitrogen and oxygen atoms in total. The Balaban J connectivity index is 1.88. The summed E-state index contributed by atoms with van der Waals surface area (Å²) in [5.74, 6) is -0.323. The van der Waals surface area contributed by atoms with E-state index in [2.05, 4.69) is 5.32 Å². The van der Waals surface area contributed by atoms with Crippen molar-refractivity contribution < 1.29 is 14.6 Å². The molecule has 3 unspecified atom stereocenters. The standard InChI is InChI=1S/C15H21NO3/c1-19-14(11-6-3-2-4-7-11)10-16-15(18)12-8-5-9-13(12)17/h2-4,6-7,12-14,17H,5,8-10H2,1H3,(H,16,18). The molecular formula is C15H21NO3. The highest BCUT2D eigenvalue weighted by atomic mass is 16.5. The zero-order chi connectivity index (χ0) is 13.7. The van der Waals surface area contributed by atoms with Crippen molar-refractivity contribution in [2.75, 3.05) is 13.7 Å². The van der Waals surface area contributed by atoms with Gasteiger partial charge in [0.05, 0.1) is 18.1 Å². The summed E-state index contributed by atoms with van der Waals surface area (Å²) in [5.41, 5.74) is 1.04. The second-order valence-corrected chi connectivity index (χ2v) is 4.98. The number of benzene rings is 1. The fourth-order valence-electron chi connectivity index (χ4n) is 2.58. The molecule has 1 saturated carbocycles. The lowest BCUT2D eigenvalue weighted by molar-refractivity contribution is -0.128.